The van der Waals surface area contributed by atoms with E-state index in [0.29, 0.717) is 23.5 Å². The smallest absolute Gasteiger partial charge is 0.313 e. The lowest BCUT2D eigenvalue weighted by Gasteiger charge is -2.28. The van der Waals surface area contributed by atoms with Gasteiger partial charge in [0.05, 0.1) is 11.1 Å². The van der Waals surface area contributed by atoms with Crippen molar-refractivity contribution in [3.05, 3.63) is 24.2 Å². The second-order valence-electron chi connectivity index (χ2n) is 11.2. The van der Waals surface area contributed by atoms with Crippen molar-refractivity contribution in [2.75, 3.05) is 19.1 Å². The van der Waals surface area contributed by atoms with Crippen molar-refractivity contribution in [2.24, 2.45) is 11.3 Å². The minimum absolute atomic E-state index is 0.115. The molecule has 4 rings (SSSR count). The first-order chi connectivity index (χ1) is 17.5. The summed E-state index contributed by atoms with van der Waals surface area (Å²) in [5.41, 5.74) is 5.08. The molecule has 3 heterocycles. The Labute approximate surface area is 216 Å². The summed E-state index contributed by atoms with van der Waals surface area (Å²) >= 11 is 0. The highest BCUT2D eigenvalue weighted by Gasteiger charge is 2.55. The quantitative estimate of drug-likeness (QED) is 0.395. The number of nitrogens with two attached hydrogens (primary N) is 1. The molecular weight excluding hydrogens is 480 g/mol. The van der Waals surface area contributed by atoms with Crippen LogP contribution in [0.5, 0.6) is 0 Å². The number of rotatable bonds is 8. The van der Waals surface area contributed by atoms with E-state index in [1.807, 2.05) is 0 Å². The predicted molar refractivity (Wildman–Crippen MR) is 133 cm³/mol. The lowest BCUT2D eigenvalue weighted by molar-refractivity contribution is -0.178. The van der Waals surface area contributed by atoms with E-state index in [2.05, 4.69) is 10.1 Å². The van der Waals surface area contributed by atoms with Gasteiger partial charge in [-0.1, -0.05) is 19.3 Å². The average Bonchev–Trinajstić information content (AvgIpc) is 3.39. The Morgan fingerprint density at radius 3 is 2.65 bits per heavy atom. The van der Waals surface area contributed by atoms with Crippen LogP contribution < -0.4 is 5.73 Å². The molecule has 1 aliphatic carbocycles. The maximum atomic E-state index is 12.6. The van der Waals surface area contributed by atoms with Crippen LogP contribution in [-0.4, -0.2) is 63.4 Å². The van der Waals surface area contributed by atoms with Crippen LogP contribution in [0.3, 0.4) is 0 Å². The third-order valence-corrected chi connectivity index (χ3v) is 7.28. The van der Waals surface area contributed by atoms with Gasteiger partial charge in [0.25, 0.3) is 0 Å². The number of nitrogen functional groups attached to an aromatic ring is 1. The first-order valence-electron chi connectivity index (χ1n) is 12.9. The van der Waals surface area contributed by atoms with Crippen LogP contribution in [-0.2, 0) is 34.1 Å². The fourth-order valence-corrected chi connectivity index (χ4v) is 5.08. The van der Waals surface area contributed by atoms with Crippen LogP contribution in [0.2, 0.25) is 0 Å². The largest absolute Gasteiger partial charge is 0.463 e. The highest BCUT2D eigenvalue weighted by molar-refractivity contribution is 5.75. The number of ether oxygens (including phenoxy) is 4. The molecule has 0 aromatic carbocycles. The molecule has 0 unspecified atom stereocenters. The highest BCUT2D eigenvalue weighted by Crippen LogP contribution is 2.42. The molecule has 2 aromatic heterocycles. The molecule has 11 heteroatoms. The molecule has 0 amide bonds. The van der Waals surface area contributed by atoms with Crippen molar-refractivity contribution in [1.82, 2.24) is 14.6 Å². The van der Waals surface area contributed by atoms with Gasteiger partial charge >= 0.3 is 11.9 Å². The number of nitrogens with zero attached hydrogens (tertiary/aromatic N) is 3. The van der Waals surface area contributed by atoms with Crippen LogP contribution in [0.15, 0.2) is 18.5 Å². The molecule has 204 valence electrons. The van der Waals surface area contributed by atoms with Gasteiger partial charge in [0.15, 0.2) is 12.6 Å². The molecule has 11 nitrogen and oxygen atoms in total. The molecule has 37 heavy (non-hydrogen) atoms. The molecule has 3 N–H and O–H groups in total. The number of carbonyl (C=O) groups excluding carboxylic acids is 2. The van der Waals surface area contributed by atoms with E-state index < -0.39 is 35.3 Å². The van der Waals surface area contributed by atoms with E-state index in [-0.39, 0.29) is 25.2 Å². The Bertz CT molecular complexity index is 1110. The Morgan fingerprint density at radius 2 is 1.95 bits per heavy atom. The van der Waals surface area contributed by atoms with E-state index in [0.717, 1.165) is 25.7 Å². The second-order valence-corrected chi connectivity index (χ2v) is 11.2. The number of fused-ring (bicyclic) bond motifs is 1. The molecule has 2 fully saturated rings. The lowest BCUT2D eigenvalue weighted by Crippen LogP contribution is -2.42. The number of carbonyl (C=O) groups is 2. The summed E-state index contributed by atoms with van der Waals surface area (Å²) in [6, 6.07) is 3.49. The molecule has 0 radical (unpaired) electrons. The minimum atomic E-state index is -1.29. The SMILES string of the molecule is CC(C)(C)C(=O)OCO[C@H]1[C@@H](O)[C@](C)(c2ccc3c(N)ncnn23)O[C@@H]1COC(=O)CC1CCCCC1. The van der Waals surface area contributed by atoms with Crippen LogP contribution in [0.4, 0.5) is 5.82 Å². The number of hydrogen-bond acceptors (Lipinski definition) is 10. The Kier molecular flexibility index (Phi) is 8.05. The number of aliphatic hydroxyl groups excluding tert-OH is 1. The van der Waals surface area contributed by atoms with E-state index in [1.54, 1.807) is 44.3 Å². The topological polar surface area (TPSA) is 148 Å². The van der Waals surface area contributed by atoms with Gasteiger partial charge in [0, 0.05) is 6.42 Å². The third kappa shape index (κ3) is 5.89. The minimum Gasteiger partial charge on any atom is -0.463 e. The van der Waals surface area contributed by atoms with Crippen LogP contribution >= 0.6 is 0 Å². The zero-order valence-corrected chi connectivity index (χ0v) is 22.0. The molecule has 4 atom stereocenters. The maximum Gasteiger partial charge on any atom is 0.313 e. The molecule has 2 aromatic rings. The van der Waals surface area contributed by atoms with Gasteiger partial charge in [-0.05, 0) is 58.6 Å². The summed E-state index contributed by atoms with van der Waals surface area (Å²) in [5.74, 6) is -0.121. The van der Waals surface area contributed by atoms with Gasteiger partial charge in [-0.15, -0.1) is 0 Å². The summed E-state index contributed by atoms with van der Waals surface area (Å²) in [4.78, 5) is 28.8. The van der Waals surface area contributed by atoms with Crippen molar-refractivity contribution in [2.45, 2.75) is 90.1 Å². The maximum absolute atomic E-state index is 12.6. The number of aliphatic hydroxyl groups is 1. The summed E-state index contributed by atoms with van der Waals surface area (Å²) < 4.78 is 24.6. The van der Waals surface area contributed by atoms with Crippen LogP contribution in [0, 0.1) is 11.3 Å². The van der Waals surface area contributed by atoms with Crippen molar-refractivity contribution in [3.63, 3.8) is 0 Å². The Hall–Kier alpha value is -2.76. The van der Waals surface area contributed by atoms with E-state index in [4.69, 9.17) is 24.7 Å². The van der Waals surface area contributed by atoms with Crippen molar-refractivity contribution in [1.29, 1.82) is 0 Å². The first-order valence-corrected chi connectivity index (χ1v) is 12.9. The van der Waals surface area contributed by atoms with Gasteiger partial charge in [-0.3, -0.25) is 9.59 Å². The number of esters is 2. The van der Waals surface area contributed by atoms with Gasteiger partial charge < -0.3 is 29.8 Å². The zero-order chi connectivity index (χ0) is 26.8. The molecule has 1 aliphatic heterocycles. The average molecular weight is 519 g/mol. The third-order valence-electron chi connectivity index (χ3n) is 7.28. The molecular formula is C26H38N4O7. The second kappa shape index (κ2) is 10.9. The fourth-order valence-electron chi connectivity index (χ4n) is 5.08. The van der Waals surface area contributed by atoms with Gasteiger partial charge in [0.2, 0.25) is 0 Å². The van der Waals surface area contributed by atoms with E-state index in [9.17, 15) is 14.7 Å². The van der Waals surface area contributed by atoms with E-state index >= 15 is 0 Å². The molecule has 1 saturated carbocycles. The van der Waals surface area contributed by atoms with Gasteiger partial charge in [-0.25, -0.2) is 9.50 Å². The molecule has 1 saturated heterocycles. The lowest BCUT2D eigenvalue weighted by atomic mass is 9.87. The number of hydrogen-bond donors (Lipinski definition) is 2. The van der Waals surface area contributed by atoms with Crippen molar-refractivity contribution in [3.8, 4) is 0 Å². The number of anilines is 1. The number of aromatic nitrogens is 3. The summed E-state index contributed by atoms with van der Waals surface area (Å²) in [7, 11) is 0. The van der Waals surface area contributed by atoms with E-state index in [1.165, 1.54) is 12.7 Å². The van der Waals surface area contributed by atoms with Crippen molar-refractivity contribution >= 4 is 23.3 Å². The van der Waals surface area contributed by atoms with Crippen LogP contribution in [0.25, 0.3) is 5.52 Å². The van der Waals surface area contributed by atoms with Crippen LogP contribution in [0.1, 0.15) is 71.9 Å². The standard InChI is InChI=1S/C26H38N4O7/c1-25(2,3)24(33)36-15-35-21-18(13-34-20(31)12-16-8-6-5-7-9-16)37-26(4,22(21)32)19-11-10-17-23(27)28-14-29-30(17)19/h10-11,14,16,18,21-22,32H,5-9,12-13,15H2,1-4H3,(H2,27,28,29)/t18-,21-,22-,26+/m1/s1. The fraction of sp³-hybridized carbons (Fsp3) is 0.692. The molecule has 0 spiro atoms. The van der Waals surface area contributed by atoms with Gasteiger partial charge in [0.1, 0.15) is 42.4 Å². The zero-order valence-electron chi connectivity index (χ0n) is 22.0. The predicted octanol–water partition coefficient (Wildman–Crippen LogP) is 2.73. The van der Waals surface area contributed by atoms with Crippen molar-refractivity contribution < 1.29 is 33.6 Å². The molecule has 2 aliphatic rings. The summed E-state index contributed by atoms with van der Waals surface area (Å²) in [5, 5.41) is 15.7. The summed E-state index contributed by atoms with van der Waals surface area (Å²) in [6.45, 7) is 6.42. The Morgan fingerprint density at radius 1 is 1.22 bits per heavy atom. The first kappa shape index (κ1) is 27.3. The summed E-state index contributed by atoms with van der Waals surface area (Å²) in [6.07, 6.45) is 4.28. The monoisotopic (exact) mass is 518 g/mol. The highest BCUT2D eigenvalue weighted by atomic mass is 16.7. The molecule has 0 bridgehead atoms. The van der Waals surface area contributed by atoms with Gasteiger partial charge in [-0.2, -0.15) is 5.10 Å². The normalized spacial score (nSPS) is 26.9. The Balaban J connectivity index is 1.50.